The van der Waals surface area contributed by atoms with Crippen molar-refractivity contribution in [1.29, 1.82) is 0 Å². The van der Waals surface area contributed by atoms with E-state index in [9.17, 15) is 13.5 Å². The summed E-state index contributed by atoms with van der Waals surface area (Å²) < 4.78 is 22.5. The molecule has 0 radical (unpaired) electrons. The van der Waals surface area contributed by atoms with Crippen molar-refractivity contribution in [2.45, 2.75) is 10.7 Å². The Bertz CT molecular complexity index is 375. The topological polar surface area (TPSA) is 54.4 Å². The van der Waals surface area contributed by atoms with Crippen LogP contribution in [0.4, 0.5) is 0 Å². The number of hydrogen-bond donors (Lipinski definition) is 1. The summed E-state index contributed by atoms with van der Waals surface area (Å²) in [5.41, 5.74) is 0.686. The largest absolute Gasteiger partial charge is 0.386 e. The molecule has 1 aliphatic heterocycles. The normalized spacial score (nSPS) is 32.7. The lowest BCUT2D eigenvalue weighted by molar-refractivity contribution is 0.194. The molecule has 3 atom stereocenters. The lowest BCUT2D eigenvalue weighted by atomic mass is 10.1. The van der Waals surface area contributed by atoms with Gasteiger partial charge in [-0.25, -0.2) is 0 Å². The average Bonchev–Trinajstić information content (AvgIpc) is 2.59. The minimum absolute atomic E-state index is 0.432. The third-order valence-corrected chi connectivity index (χ3v) is 6.71. The van der Waals surface area contributed by atoms with Crippen molar-refractivity contribution in [2.75, 3.05) is 11.5 Å². The maximum atomic E-state index is 11.6. The number of aliphatic hydroxyl groups excluding tert-OH is 1. The minimum atomic E-state index is -1.17. The Morgan fingerprint density at radius 2 is 1.67 bits per heavy atom. The Labute approximate surface area is 93.4 Å². The predicted octanol–water partition coefficient (Wildman–Crippen LogP) is 0.557. The molecule has 1 saturated heterocycles. The molecule has 1 aliphatic rings. The van der Waals surface area contributed by atoms with E-state index in [1.165, 1.54) is 0 Å². The first-order chi connectivity index (χ1) is 7.20. The van der Waals surface area contributed by atoms with Gasteiger partial charge in [-0.1, -0.05) is 30.3 Å². The third-order valence-electron chi connectivity index (χ3n) is 2.40. The first kappa shape index (κ1) is 11.0. The highest BCUT2D eigenvalue weighted by atomic mass is 32.3. The van der Waals surface area contributed by atoms with E-state index in [1.807, 2.05) is 6.07 Å². The van der Waals surface area contributed by atoms with Crippen LogP contribution in [0.15, 0.2) is 30.3 Å². The molecule has 0 aromatic heterocycles. The fourth-order valence-corrected chi connectivity index (χ4v) is 5.81. The highest BCUT2D eigenvalue weighted by molar-refractivity contribution is 8.06. The Hall–Kier alpha value is -0.520. The molecule has 1 fully saturated rings. The van der Waals surface area contributed by atoms with E-state index < -0.39 is 32.3 Å². The zero-order chi connectivity index (χ0) is 10.8. The Morgan fingerprint density at radius 3 is 2.20 bits per heavy atom. The van der Waals surface area contributed by atoms with Crippen LogP contribution >= 0.6 is 0 Å². The maximum absolute atomic E-state index is 11.6. The Balaban J connectivity index is 2.24. The zero-order valence-corrected chi connectivity index (χ0v) is 9.67. The van der Waals surface area contributed by atoms with Crippen LogP contribution in [0.3, 0.4) is 0 Å². The summed E-state index contributed by atoms with van der Waals surface area (Å²) in [5, 5.41) is 9.98. The van der Waals surface area contributed by atoms with Gasteiger partial charge in [-0.15, -0.1) is 0 Å². The van der Waals surface area contributed by atoms with Gasteiger partial charge in [0.05, 0.1) is 0 Å². The summed E-state index contributed by atoms with van der Waals surface area (Å²) in [6, 6.07) is 8.98. The number of hydrogen-bond acceptors (Lipinski definition) is 3. The van der Waals surface area contributed by atoms with Gasteiger partial charge < -0.3 is 5.11 Å². The first-order valence-corrected chi connectivity index (χ1v) is 7.44. The van der Waals surface area contributed by atoms with E-state index in [-0.39, 0.29) is 0 Å². The van der Waals surface area contributed by atoms with E-state index in [2.05, 4.69) is 0 Å². The van der Waals surface area contributed by atoms with Gasteiger partial charge >= 0.3 is 0 Å². The van der Waals surface area contributed by atoms with Gasteiger partial charge in [-0.3, -0.25) is 8.42 Å². The van der Waals surface area contributed by atoms with Gasteiger partial charge in [-0.05, 0) is 5.56 Å². The molecular weight excluding hydrogens is 232 g/mol. The quantitative estimate of drug-likeness (QED) is 0.827. The standard InChI is InChI=1S/C10H12O3S2/c11-9(8-4-2-1-3-5-8)10-14(12)6-7-15(10)13/h1-5,9-11H,6-7H2/t9-,10?,14?,15?/m0/s1. The van der Waals surface area contributed by atoms with E-state index in [4.69, 9.17) is 0 Å². The van der Waals surface area contributed by atoms with Crippen LogP contribution in [0.2, 0.25) is 0 Å². The Kier molecular flexibility index (Phi) is 3.33. The minimum Gasteiger partial charge on any atom is -0.386 e. The summed E-state index contributed by atoms with van der Waals surface area (Å²) >= 11 is 0. The van der Waals surface area contributed by atoms with Crippen molar-refractivity contribution in [1.82, 2.24) is 0 Å². The molecule has 0 amide bonds. The van der Waals surface area contributed by atoms with Crippen LogP contribution in [0.5, 0.6) is 0 Å². The number of benzene rings is 1. The van der Waals surface area contributed by atoms with Gasteiger partial charge in [-0.2, -0.15) is 0 Å². The molecule has 82 valence electrons. The molecule has 0 aliphatic carbocycles. The monoisotopic (exact) mass is 244 g/mol. The highest BCUT2D eigenvalue weighted by Gasteiger charge is 2.37. The van der Waals surface area contributed by atoms with Crippen molar-refractivity contribution < 1.29 is 13.5 Å². The lowest BCUT2D eigenvalue weighted by Crippen LogP contribution is -2.23. The second-order valence-electron chi connectivity index (χ2n) is 3.39. The van der Waals surface area contributed by atoms with Crippen LogP contribution in [-0.2, 0) is 21.6 Å². The second kappa shape index (κ2) is 4.55. The molecule has 1 N–H and O–H groups in total. The maximum Gasteiger partial charge on any atom is 0.140 e. The summed E-state index contributed by atoms with van der Waals surface area (Å²) in [7, 11) is -2.34. The molecular formula is C10H12O3S2. The second-order valence-corrected chi connectivity index (χ2v) is 7.05. The molecule has 15 heavy (non-hydrogen) atoms. The van der Waals surface area contributed by atoms with Crippen molar-refractivity contribution >= 4 is 21.6 Å². The average molecular weight is 244 g/mol. The molecule has 2 unspecified atom stereocenters. The molecule has 5 heteroatoms. The third kappa shape index (κ3) is 2.19. The van der Waals surface area contributed by atoms with Crippen LogP contribution < -0.4 is 0 Å². The summed E-state index contributed by atoms with van der Waals surface area (Å²) in [5.74, 6) is 0.863. The van der Waals surface area contributed by atoms with E-state index >= 15 is 0 Å². The van der Waals surface area contributed by atoms with Gasteiger partial charge in [0.1, 0.15) is 10.7 Å². The summed E-state index contributed by atoms with van der Waals surface area (Å²) in [6.07, 6.45) is -0.879. The number of aliphatic hydroxyl groups is 1. The summed E-state index contributed by atoms with van der Waals surface area (Å²) in [6.45, 7) is 0. The molecule has 2 rings (SSSR count). The molecule has 1 aromatic carbocycles. The smallest absolute Gasteiger partial charge is 0.140 e. The van der Waals surface area contributed by atoms with Gasteiger partial charge in [0.15, 0.2) is 0 Å². The molecule has 1 aromatic rings. The predicted molar refractivity (Wildman–Crippen MR) is 61.2 cm³/mol. The van der Waals surface area contributed by atoms with E-state index in [1.54, 1.807) is 24.3 Å². The SMILES string of the molecule is O=S1CCS(=O)C1[C@@H](O)c1ccccc1. The zero-order valence-electron chi connectivity index (χ0n) is 8.04. The van der Waals surface area contributed by atoms with E-state index in [0.29, 0.717) is 17.1 Å². The molecule has 0 bridgehead atoms. The number of rotatable bonds is 2. The Morgan fingerprint density at radius 1 is 1.13 bits per heavy atom. The fraction of sp³-hybridized carbons (Fsp3) is 0.400. The highest BCUT2D eigenvalue weighted by Crippen LogP contribution is 2.27. The van der Waals surface area contributed by atoms with Crippen molar-refractivity contribution in [3.63, 3.8) is 0 Å². The molecule has 3 nitrogen and oxygen atoms in total. The van der Waals surface area contributed by atoms with Gasteiger partial charge in [0.25, 0.3) is 0 Å². The summed E-state index contributed by atoms with van der Waals surface area (Å²) in [4.78, 5) is 0. The van der Waals surface area contributed by atoms with Crippen molar-refractivity contribution in [3.05, 3.63) is 35.9 Å². The van der Waals surface area contributed by atoms with Crippen LogP contribution in [0.25, 0.3) is 0 Å². The van der Waals surface area contributed by atoms with Crippen LogP contribution in [0.1, 0.15) is 11.7 Å². The molecule has 1 heterocycles. The van der Waals surface area contributed by atoms with Crippen LogP contribution in [0, 0.1) is 0 Å². The van der Waals surface area contributed by atoms with Gasteiger partial charge in [0, 0.05) is 33.1 Å². The van der Waals surface area contributed by atoms with E-state index in [0.717, 1.165) is 0 Å². The lowest BCUT2D eigenvalue weighted by Gasteiger charge is -2.15. The van der Waals surface area contributed by atoms with Gasteiger partial charge in [0.2, 0.25) is 0 Å². The fourth-order valence-electron chi connectivity index (χ4n) is 1.61. The first-order valence-electron chi connectivity index (χ1n) is 4.67. The van der Waals surface area contributed by atoms with Crippen molar-refractivity contribution in [2.24, 2.45) is 0 Å². The van der Waals surface area contributed by atoms with Crippen molar-refractivity contribution in [3.8, 4) is 0 Å². The molecule has 0 saturated carbocycles. The molecule has 0 spiro atoms. The van der Waals surface area contributed by atoms with Crippen LogP contribution in [-0.4, -0.2) is 29.6 Å².